The third-order valence-corrected chi connectivity index (χ3v) is 2.70. The van der Waals surface area contributed by atoms with Gasteiger partial charge in [-0.05, 0) is 37.1 Å². The zero-order chi connectivity index (χ0) is 12.7. The molecule has 1 rings (SSSR count). The lowest BCUT2D eigenvalue weighted by atomic mass is 10.2. The Morgan fingerprint density at radius 2 is 2.18 bits per heavy atom. The van der Waals surface area contributed by atoms with Gasteiger partial charge in [0, 0.05) is 6.54 Å². The van der Waals surface area contributed by atoms with Crippen LogP contribution in [-0.2, 0) is 6.54 Å². The second-order valence-corrected chi connectivity index (χ2v) is 4.03. The number of phenols is 1. The molecule has 96 valence electrons. The minimum absolute atomic E-state index is 0.151. The number of aromatic hydroxyl groups is 1. The van der Waals surface area contributed by atoms with Crippen LogP contribution in [0.15, 0.2) is 18.2 Å². The van der Waals surface area contributed by atoms with Crippen LogP contribution in [0, 0.1) is 0 Å². The van der Waals surface area contributed by atoms with E-state index >= 15 is 0 Å². The molecule has 1 atom stereocenters. The van der Waals surface area contributed by atoms with Gasteiger partial charge in [0.05, 0.1) is 13.2 Å². The Bertz CT molecular complexity index is 341. The highest BCUT2D eigenvalue weighted by atomic mass is 16.5. The summed E-state index contributed by atoms with van der Waals surface area (Å²) in [7, 11) is 1.53. The lowest BCUT2D eigenvalue weighted by Crippen LogP contribution is -2.19. The Labute approximate surface area is 102 Å². The minimum atomic E-state index is -0.225. The maximum absolute atomic E-state index is 9.43. The number of ether oxygens (including phenoxy) is 1. The number of aliphatic hydroxyl groups is 1. The van der Waals surface area contributed by atoms with Gasteiger partial charge in [0.25, 0.3) is 0 Å². The van der Waals surface area contributed by atoms with Crippen LogP contribution in [-0.4, -0.2) is 30.0 Å². The van der Waals surface area contributed by atoms with E-state index in [1.54, 1.807) is 12.1 Å². The van der Waals surface area contributed by atoms with Crippen molar-refractivity contribution in [3.8, 4) is 11.5 Å². The number of phenolic OH excluding ortho intramolecular Hbond substituents is 1. The van der Waals surface area contributed by atoms with E-state index in [0.29, 0.717) is 12.3 Å². The summed E-state index contributed by atoms with van der Waals surface area (Å²) in [4.78, 5) is 0. The SMILES string of the molecule is CCC(O)CCNCc1ccc(O)c(OC)c1. The van der Waals surface area contributed by atoms with Crippen molar-refractivity contribution in [3.63, 3.8) is 0 Å². The van der Waals surface area contributed by atoms with E-state index in [2.05, 4.69) is 5.32 Å². The summed E-state index contributed by atoms with van der Waals surface area (Å²) in [6, 6.07) is 5.27. The van der Waals surface area contributed by atoms with Gasteiger partial charge >= 0.3 is 0 Å². The first-order chi connectivity index (χ1) is 8.17. The number of rotatable bonds is 7. The third-order valence-electron chi connectivity index (χ3n) is 2.70. The van der Waals surface area contributed by atoms with Crippen molar-refractivity contribution in [1.82, 2.24) is 5.32 Å². The average molecular weight is 239 g/mol. The first-order valence-electron chi connectivity index (χ1n) is 5.92. The van der Waals surface area contributed by atoms with E-state index < -0.39 is 0 Å². The molecule has 0 heterocycles. The topological polar surface area (TPSA) is 61.7 Å². The predicted octanol–water partition coefficient (Wildman–Crippen LogP) is 1.65. The summed E-state index contributed by atoms with van der Waals surface area (Å²) in [5.41, 5.74) is 1.05. The van der Waals surface area contributed by atoms with Gasteiger partial charge in [-0.15, -0.1) is 0 Å². The zero-order valence-electron chi connectivity index (χ0n) is 10.4. The van der Waals surface area contributed by atoms with Gasteiger partial charge in [-0.3, -0.25) is 0 Å². The van der Waals surface area contributed by atoms with Gasteiger partial charge in [0.2, 0.25) is 0 Å². The Morgan fingerprint density at radius 1 is 1.41 bits per heavy atom. The largest absolute Gasteiger partial charge is 0.504 e. The van der Waals surface area contributed by atoms with Crippen molar-refractivity contribution in [3.05, 3.63) is 23.8 Å². The van der Waals surface area contributed by atoms with Crippen molar-refractivity contribution in [1.29, 1.82) is 0 Å². The molecule has 1 aromatic rings. The Balaban J connectivity index is 2.36. The van der Waals surface area contributed by atoms with Crippen molar-refractivity contribution >= 4 is 0 Å². The van der Waals surface area contributed by atoms with E-state index in [1.165, 1.54) is 7.11 Å². The lowest BCUT2D eigenvalue weighted by molar-refractivity contribution is 0.159. The molecule has 4 nitrogen and oxygen atoms in total. The van der Waals surface area contributed by atoms with Gasteiger partial charge in [-0.1, -0.05) is 13.0 Å². The molecule has 0 aromatic heterocycles. The van der Waals surface area contributed by atoms with Crippen LogP contribution in [0.1, 0.15) is 25.3 Å². The molecule has 0 saturated heterocycles. The van der Waals surface area contributed by atoms with Crippen molar-refractivity contribution in [2.45, 2.75) is 32.4 Å². The molecule has 17 heavy (non-hydrogen) atoms. The Kier molecular flexibility index (Phi) is 5.80. The lowest BCUT2D eigenvalue weighted by Gasteiger charge is -2.10. The quantitative estimate of drug-likeness (QED) is 0.633. The fourth-order valence-electron chi connectivity index (χ4n) is 1.54. The monoisotopic (exact) mass is 239 g/mol. The molecule has 1 unspecified atom stereocenters. The molecule has 1 aromatic carbocycles. The van der Waals surface area contributed by atoms with Crippen LogP contribution in [0.5, 0.6) is 11.5 Å². The number of aliphatic hydroxyl groups excluding tert-OH is 1. The molecule has 3 N–H and O–H groups in total. The molecular weight excluding hydrogens is 218 g/mol. The van der Waals surface area contributed by atoms with Gasteiger partial charge < -0.3 is 20.3 Å². The highest BCUT2D eigenvalue weighted by molar-refractivity contribution is 5.41. The summed E-state index contributed by atoms with van der Waals surface area (Å²) in [6.45, 7) is 3.45. The molecule has 0 aliphatic carbocycles. The number of nitrogens with one attached hydrogen (secondary N) is 1. The maximum Gasteiger partial charge on any atom is 0.160 e. The molecule has 0 aliphatic rings. The number of hydrogen-bond acceptors (Lipinski definition) is 4. The fraction of sp³-hybridized carbons (Fsp3) is 0.538. The van der Waals surface area contributed by atoms with Crippen molar-refractivity contribution < 1.29 is 14.9 Å². The van der Waals surface area contributed by atoms with Crippen LogP contribution in [0.2, 0.25) is 0 Å². The second-order valence-electron chi connectivity index (χ2n) is 4.03. The first-order valence-corrected chi connectivity index (χ1v) is 5.92. The highest BCUT2D eigenvalue weighted by Crippen LogP contribution is 2.26. The summed E-state index contributed by atoms with van der Waals surface area (Å²) >= 11 is 0. The summed E-state index contributed by atoms with van der Waals surface area (Å²) in [5, 5.41) is 22.1. The van der Waals surface area contributed by atoms with Gasteiger partial charge in [0.15, 0.2) is 11.5 Å². The molecule has 0 spiro atoms. The number of methoxy groups -OCH3 is 1. The molecule has 0 saturated carbocycles. The minimum Gasteiger partial charge on any atom is -0.504 e. The zero-order valence-corrected chi connectivity index (χ0v) is 10.4. The van der Waals surface area contributed by atoms with Crippen LogP contribution in [0.3, 0.4) is 0 Å². The summed E-state index contributed by atoms with van der Waals surface area (Å²) in [6.07, 6.45) is 1.32. The van der Waals surface area contributed by atoms with Gasteiger partial charge in [-0.2, -0.15) is 0 Å². The van der Waals surface area contributed by atoms with E-state index in [4.69, 9.17) is 4.74 Å². The maximum atomic E-state index is 9.43. The second kappa shape index (κ2) is 7.14. The number of benzene rings is 1. The highest BCUT2D eigenvalue weighted by Gasteiger charge is 2.03. The molecule has 0 radical (unpaired) electrons. The first kappa shape index (κ1) is 13.8. The van der Waals surface area contributed by atoms with Crippen LogP contribution >= 0.6 is 0 Å². The molecule has 0 amide bonds. The Hall–Kier alpha value is -1.26. The van der Waals surface area contributed by atoms with Crippen LogP contribution in [0.25, 0.3) is 0 Å². The summed E-state index contributed by atoms with van der Waals surface area (Å²) in [5.74, 6) is 0.635. The van der Waals surface area contributed by atoms with Gasteiger partial charge in [-0.25, -0.2) is 0 Å². The van der Waals surface area contributed by atoms with Crippen LogP contribution < -0.4 is 10.1 Å². The van der Waals surface area contributed by atoms with E-state index in [9.17, 15) is 10.2 Å². The third kappa shape index (κ3) is 4.63. The molecule has 4 heteroatoms. The molecule has 0 fully saturated rings. The standard InChI is InChI=1S/C13H21NO3/c1-3-11(15)6-7-14-9-10-4-5-12(16)13(8-10)17-2/h4-5,8,11,14-16H,3,6-7,9H2,1-2H3. The molecule has 0 aliphatic heterocycles. The summed E-state index contributed by atoms with van der Waals surface area (Å²) < 4.78 is 5.03. The fourth-order valence-corrected chi connectivity index (χ4v) is 1.54. The van der Waals surface area contributed by atoms with Gasteiger partial charge in [0.1, 0.15) is 0 Å². The molecule has 0 bridgehead atoms. The van der Waals surface area contributed by atoms with Crippen LogP contribution in [0.4, 0.5) is 0 Å². The smallest absolute Gasteiger partial charge is 0.160 e. The van der Waals surface area contributed by atoms with Crippen molar-refractivity contribution in [2.24, 2.45) is 0 Å². The number of hydrogen-bond donors (Lipinski definition) is 3. The van der Waals surface area contributed by atoms with E-state index in [-0.39, 0.29) is 11.9 Å². The Morgan fingerprint density at radius 3 is 2.82 bits per heavy atom. The predicted molar refractivity (Wildman–Crippen MR) is 67.3 cm³/mol. The normalized spacial score (nSPS) is 12.4. The van der Waals surface area contributed by atoms with Crippen molar-refractivity contribution in [2.75, 3.05) is 13.7 Å². The van der Waals surface area contributed by atoms with E-state index in [0.717, 1.165) is 24.9 Å². The average Bonchev–Trinajstić information content (AvgIpc) is 2.36. The van der Waals surface area contributed by atoms with E-state index in [1.807, 2.05) is 13.0 Å². The molecular formula is C13H21NO3.